The Hall–Kier alpha value is -1.82. The molecule has 2 rings (SSSR count). The van der Waals surface area contributed by atoms with Crippen LogP contribution in [0.25, 0.3) is 0 Å². The van der Waals surface area contributed by atoms with Crippen LogP contribution in [0, 0.1) is 0 Å². The van der Waals surface area contributed by atoms with E-state index in [1.54, 1.807) is 17.1 Å². The van der Waals surface area contributed by atoms with E-state index in [1.165, 1.54) is 4.68 Å². The second-order valence-corrected chi connectivity index (χ2v) is 4.80. The summed E-state index contributed by atoms with van der Waals surface area (Å²) in [6, 6.07) is -0.0260. The van der Waals surface area contributed by atoms with Crippen LogP contribution in [0.3, 0.4) is 0 Å². The second-order valence-electron chi connectivity index (χ2n) is 4.43. The molecular weight excluding hydrogens is 266 g/mol. The van der Waals surface area contributed by atoms with Gasteiger partial charge in [-0.1, -0.05) is 11.6 Å². The topological polar surface area (TPSA) is 64.7 Å². The summed E-state index contributed by atoms with van der Waals surface area (Å²) in [6.07, 6.45) is 5.06. The van der Waals surface area contributed by atoms with Gasteiger partial charge in [0.15, 0.2) is 0 Å². The van der Waals surface area contributed by atoms with Gasteiger partial charge in [-0.25, -0.2) is 4.68 Å². The third-order valence-electron chi connectivity index (χ3n) is 2.67. The van der Waals surface area contributed by atoms with Gasteiger partial charge in [-0.05, 0) is 20.8 Å². The van der Waals surface area contributed by atoms with Gasteiger partial charge in [0.1, 0.15) is 5.02 Å². The lowest BCUT2D eigenvalue weighted by molar-refractivity contribution is 0.503. The molecule has 0 atom stereocenters. The Morgan fingerprint density at radius 3 is 2.68 bits per heavy atom. The molecule has 0 radical (unpaired) electrons. The number of halogens is 1. The minimum absolute atomic E-state index is 0.0260. The molecule has 0 aliphatic heterocycles. The van der Waals surface area contributed by atoms with E-state index in [1.807, 2.05) is 27.0 Å². The molecule has 0 fully saturated rings. The van der Waals surface area contributed by atoms with Crippen LogP contribution in [0.15, 0.2) is 23.4 Å². The van der Waals surface area contributed by atoms with Gasteiger partial charge in [-0.3, -0.25) is 9.48 Å². The first kappa shape index (κ1) is 13.6. The molecule has 102 valence electrons. The molecule has 0 spiro atoms. The molecule has 0 aromatic carbocycles. The van der Waals surface area contributed by atoms with Gasteiger partial charge in [0.05, 0.1) is 29.8 Å². The maximum atomic E-state index is 12.0. The molecule has 0 aliphatic rings. The molecule has 0 amide bonds. The van der Waals surface area contributed by atoms with E-state index in [0.29, 0.717) is 5.69 Å². The highest BCUT2D eigenvalue weighted by molar-refractivity contribution is 6.33. The van der Waals surface area contributed by atoms with E-state index in [-0.39, 0.29) is 16.6 Å². The fourth-order valence-corrected chi connectivity index (χ4v) is 1.84. The molecule has 0 unspecified atom stereocenters. The molecule has 1 N–H and O–H groups in total. The van der Waals surface area contributed by atoms with Crippen LogP contribution in [-0.4, -0.2) is 19.6 Å². The molecular formula is C12H16ClN5O. The van der Waals surface area contributed by atoms with Gasteiger partial charge in [-0.2, -0.15) is 10.2 Å². The standard InChI is InChI=1S/C12H16ClN5O/c1-4-17-7-9(5-14-17)16-10-6-15-18(8(2)3)12(19)11(10)13/h5-8,16H,4H2,1-3H3. The Bertz CT molecular complexity index is 631. The highest BCUT2D eigenvalue weighted by Gasteiger charge is 2.11. The summed E-state index contributed by atoms with van der Waals surface area (Å²) in [5.74, 6) is 0. The predicted molar refractivity (Wildman–Crippen MR) is 75.1 cm³/mol. The fourth-order valence-electron chi connectivity index (χ4n) is 1.66. The molecule has 0 bridgehead atoms. The van der Waals surface area contributed by atoms with Crippen LogP contribution in [0.2, 0.25) is 5.02 Å². The number of hydrogen-bond acceptors (Lipinski definition) is 4. The fraction of sp³-hybridized carbons (Fsp3) is 0.417. The predicted octanol–water partition coefficient (Wildman–Crippen LogP) is 2.44. The lowest BCUT2D eigenvalue weighted by Gasteiger charge is -2.11. The molecule has 6 nitrogen and oxygen atoms in total. The maximum absolute atomic E-state index is 12.0. The van der Waals surface area contributed by atoms with Crippen molar-refractivity contribution in [1.29, 1.82) is 0 Å². The van der Waals surface area contributed by atoms with Crippen LogP contribution < -0.4 is 10.9 Å². The van der Waals surface area contributed by atoms with E-state index in [0.717, 1.165) is 12.2 Å². The van der Waals surface area contributed by atoms with E-state index < -0.39 is 0 Å². The van der Waals surface area contributed by atoms with Gasteiger partial charge < -0.3 is 5.32 Å². The molecule has 2 aromatic heterocycles. The lowest BCUT2D eigenvalue weighted by atomic mass is 10.4. The quantitative estimate of drug-likeness (QED) is 0.935. The third kappa shape index (κ3) is 2.78. The molecule has 2 heterocycles. The van der Waals surface area contributed by atoms with Crippen molar-refractivity contribution in [2.75, 3.05) is 5.32 Å². The largest absolute Gasteiger partial charge is 0.350 e. The molecule has 2 aromatic rings. The Balaban J connectivity index is 2.31. The monoisotopic (exact) mass is 281 g/mol. The summed E-state index contributed by atoms with van der Waals surface area (Å²) < 4.78 is 3.13. The van der Waals surface area contributed by atoms with Crippen molar-refractivity contribution in [3.8, 4) is 0 Å². The van der Waals surface area contributed by atoms with E-state index in [9.17, 15) is 4.79 Å². The first-order valence-electron chi connectivity index (χ1n) is 6.09. The Labute approximate surface area is 116 Å². The number of nitrogens with one attached hydrogen (secondary N) is 1. The summed E-state index contributed by atoms with van der Waals surface area (Å²) in [6.45, 7) is 6.53. The van der Waals surface area contributed by atoms with Gasteiger partial charge in [0.2, 0.25) is 0 Å². The zero-order chi connectivity index (χ0) is 14.0. The molecule has 19 heavy (non-hydrogen) atoms. The van der Waals surface area contributed by atoms with Crippen LogP contribution in [0.1, 0.15) is 26.8 Å². The smallest absolute Gasteiger partial charge is 0.287 e. The van der Waals surface area contributed by atoms with Crippen LogP contribution >= 0.6 is 11.6 Å². The third-order valence-corrected chi connectivity index (χ3v) is 3.03. The van der Waals surface area contributed by atoms with Crippen molar-refractivity contribution in [2.45, 2.75) is 33.4 Å². The lowest BCUT2D eigenvalue weighted by Crippen LogP contribution is -2.25. The number of aryl methyl sites for hydroxylation is 1. The van der Waals surface area contributed by atoms with Gasteiger partial charge in [-0.15, -0.1) is 0 Å². The number of aromatic nitrogens is 4. The average Bonchev–Trinajstić information content (AvgIpc) is 2.82. The van der Waals surface area contributed by atoms with Crippen molar-refractivity contribution in [3.63, 3.8) is 0 Å². The molecule has 0 aliphatic carbocycles. The highest BCUT2D eigenvalue weighted by Crippen LogP contribution is 2.21. The Kier molecular flexibility index (Phi) is 3.90. The van der Waals surface area contributed by atoms with Gasteiger partial charge >= 0.3 is 0 Å². The minimum Gasteiger partial charge on any atom is -0.350 e. The van der Waals surface area contributed by atoms with Crippen molar-refractivity contribution in [2.24, 2.45) is 0 Å². The van der Waals surface area contributed by atoms with Crippen molar-refractivity contribution in [1.82, 2.24) is 19.6 Å². The first-order chi connectivity index (χ1) is 9.02. The number of rotatable bonds is 4. The minimum atomic E-state index is -0.301. The van der Waals surface area contributed by atoms with Crippen molar-refractivity contribution < 1.29 is 0 Å². The van der Waals surface area contributed by atoms with Crippen LogP contribution in [-0.2, 0) is 6.54 Å². The number of hydrogen-bond donors (Lipinski definition) is 1. The average molecular weight is 282 g/mol. The van der Waals surface area contributed by atoms with Crippen LogP contribution in [0.4, 0.5) is 11.4 Å². The van der Waals surface area contributed by atoms with Gasteiger partial charge in [0, 0.05) is 12.7 Å². The Morgan fingerprint density at radius 1 is 1.37 bits per heavy atom. The van der Waals surface area contributed by atoms with Gasteiger partial charge in [0.25, 0.3) is 5.56 Å². The SMILES string of the molecule is CCn1cc(Nc2cnn(C(C)C)c(=O)c2Cl)cn1. The summed E-state index contributed by atoms with van der Waals surface area (Å²) in [5.41, 5.74) is 0.955. The first-order valence-corrected chi connectivity index (χ1v) is 6.47. The van der Waals surface area contributed by atoms with E-state index in [2.05, 4.69) is 15.5 Å². The summed E-state index contributed by atoms with van der Waals surface area (Å²) in [4.78, 5) is 12.0. The normalized spacial score (nSPS) is 11.0. The zero-order valence-electron chi connectivity index (χ0n) is 11.1. The second kappa shape index (κ2) is 5.44. The highest BCUT2D eigenvalue weighted by atomic mass is 35.5. The summed E-state index contributed by atoms with van der Waals surface area (Å²) in [5, 5.41) is 11.4. The zero-order valence-corrected chi connectivity index (χ0v) is 11.8. The van der Waals surface area contributed by atoms with E-state index in [4.69, 9.17) is 11.6 Å². The van der Waals surface area contributed by atoms with E-state index >= 15 is 0 Å². The summed E-state index contributed by atoms with van der Waals surface area (Å²) >= 11 is 6.07. The number of nitrogens with zero attached hydrogens (tertiary/aromatic N) is 4. The summed E-state index contributed by atoms with van der Waals surface area (Å²) in [7, 11) is 0. The van der Waals surface area contributed by atoms with Crippen LogP contribution in [0.5, 0.6) is 0 Å². The molecule has 0 saturated heterocycles. The van der Waals surface area contributed by atoms with Crippen molar-refractivity contribution in [3.05, 3.63) is 34.0 Å². The van der Waals surface area contributed by atoms with Crippen molar-refractivity contribution >= 4 is 23.0 Å². The molecule has 0 saturated carbocycles. The molecule has 7 heteroatoms. The number of anilines is 2. The maximum Gasteiger partial charge on any atom is 0.287 e. The Morgan fingerprint density at radius 2 is 2.11 bits per heavy atom.